The molecule has 0 saturated carbocycles. The maximum absolute atomic E-state index is 13.3. The summed E-state index contributed by atoms with van der Waals surface area (Å²) < 4.78 is 10.8. The lowest BCUT2D eigenvalue weighted by molar-refractivity contribution is -0.132. The van der Waals surface area contributed by atoms with Crippen LogP contribution in [-0.4, -0.2) is 50.1 Å². The van der Waals surface area contributed by atoms with Crippen LogP contribution in [0.3, 0.4) is 0 Å². The van der Waals surface area contributed by atoms with Crippen molar-refractivity contribution in [1.29, 1.82) is 0 Å². The molecule has 0 aliphatic carbocycles. The van der Waals surface area contributed by atoms with Gasteiger partial charge in [0.2, 0.25) is 0 Å². The highest BCUT2D eigenvalue weighted by Gasteiger charge is 2.47. The predicted octanol–water partition coefficient (Wildman–Crippen LogP) is 3.79. The molecule has 8 nitrogen and oxygen atoms in total. The third-order valence-electron chi connectivity index (χ3n) is 5.77. The fourth-order valence-corrected chi connectivity index (χ4v) is 4.01. The average Bonchev–Trinajstić information content (AvgIpc) is 3.13. The highest BCUT2D eigenvalue weighted by atomic mass is 16.5. The van der Waals surface area contributed by atoms with E-state index >= 15 is 0 Å². The third-order valence-corrected chi connectivity index (χ3v) is 5.77. The quantitative estimate of drug-likeness (QED) is 0.341. The number of hydrogen-bond donors (Lipinski definition) is 1. The second kappa shape index (κ2) is 9.27. The molecular weight excluding hydrogens is 434 g/mol. The van der Waals surface area contributed by atoms with Crippen molar-refractivity contribution in [3.8, 4) is 11.5 Å². The van der Waals surface area contributed by atoms with E-state index in [2.05, 4.69) is 4.98 Å². The Morgan fingerprint density at radius 2 is 1.59 bits per heavy atom. The number of rotatable bonds is 6. The molecule has 0 spiro atoms. The first-order valence-electron chi connectivity index (χ1n) is 10.6. The first kappa shape index (κ1) is 22.8. The van der Waals surface area contributed by atoms with Crippen molar-refractivity contribution >= 4 is 28.8 Å². The lowest BCUT2D eigenvalue weighted by Gasteiger charge is -2.26. The average molecular weight is 460 g/mol. The van der Waals surface area contributed by atoms with E-state index in [1.165, 1.54) is 31.5 Å². The molecule has 1 amide bonds. The van der Waals surface area contributed by atoms with Crippen LogP contribution in [0.2, 0.25) is 0 Å². The van der Waals surface area contributed by atoms with Crippen molar-refractivity contribution < 1.29 is 24.2 Å². The molecule has 4 rings (SSSR count). The smallest absolute Gasteiger partial charge is 0.300 e. The van der Waals surface area contributed by atoms with Crippen LogP contribution in [0.4, 0.5) is 11.4 Å². The number of carbonyl (C=O) groups is 2. The number of ketones is 1. The Kier molecular flexibility index (Phi) is 6.23. The van der Waals surface area contributed by atoms with Gasteiger partial charge in [-0.05, 0) is 54.1 Å². The number of benzene rings is 2. The summed E-state index contributed by atoms with van der Waals surface area (Å²) in [7, 11) is 6.87. The molecule has 3 aromatic rings. The fourth-order valence-electron chi connectivity index (χ4n) is 4.01. The molecule has 1 fully saturated rings. The lowest BCUT2D eigenvalue weighted by Crippen LogP contribution is -2.29. The lowest BCUT2D eigenvalue weighted by atomic mass is 9.95. The zero-order valence-electron chi connectivity index (χ0n) is 19.4. The normalized spacial score (nSPS) is 17.1. The van der Waals surface area contributed by atoms with E-state index in [0.29, 0.717) is 28.3 Å². The van der Waals surface area contributed by atoms with Gasteiger partial charge in [-0.15, -0.1) is 0 Å². The summed E-state index contributed by atoms with van der Waals surface area (Å²) in [4.78, 5) is 33.8. The van der Waals surface area contributed by atoms with E-state index in [-0.39, 0.29) is 11.3 Å². The van der Waals surface area contributed by atoms with Crippen molar-refractivity contribution in [3.63, 3.8) is 0 Å². The zero-order valence-corrected chi connectivity index (χ0v) is 19.4. The predicted molar refractivity (Wildman–Crippen MR) is 129 cm³/mol. The number of hydrogen-bond acceptors (Lipinski definition) is 7. The van der Waals surface area contributed by atoms with Crippen molar-refractivity contribution in [2.24, 2.45) is 0 Å². The summed E-state index contributed by atoms with van der Waals surface area (Å²) >= 11 is 0. The molecule has 174 valence electrons. The zero-order chi connectivity index (χ0) is 24.4. The van der Waals surface area contributed by atoms with Gasteiger partial charge < -0.3 is 19.5 Å². The molecule has 2 heterocycles. The molecule has 8 heteroatoms. The second-order valence-electron chi connectivity index (χ2n) is 7.93. The Morgan fingerprint density at radius 1 is 0.941 bits per heavy atom. The van der Waals surface area contributed by atoms with Crippen LogP contribution in [-0.2, 0) is 9.59 Å². The first-order chi connectivity index (χ1) is 16.4. The number of anilines is 2. The molecule has 1 unspecified atom stereocenters. The first-order valence-corrected chi connectivity index (χ1v) is 10.6. The number of ether oxygens (including phenoxy) is 2. The van der Waals surface area contributed by atoms with Gasteiger partial charge in [-0.2, -0.15) is 0 Å². The van der Waals surface area contributed by atoms with Crippen molar-refractivity contribution in [1.82, 2.24) is 4.98 Å². The molecule has 1 aliphatic heterocycles. The molecule has 2 aromatic carbocycles. The monoisotopic (exact) mass is 459 g/mol. The summed E-state index contributed by atoms with van der Waals surface area (Å²) in [5.41, 5.74) is 2.44. The largest absolute Gasteiger partial charge is 0.507 e. The maximum Gasteiger partial charge on any atom is 0.300 e. The van der Waals surface area contributed by atoms with E-state index in [4.69, 9.17) is 9.47 Å². The second-order valence-corrected chi connectivity index (χ2v) is 7.93. The third kappa shape index (κ3) is 3.94. The highest BCUT2D eigenvalue weighted by Crippen LogP contribution is 2.44. The van der Waals surface area contributed by atoms with Crippen LogP contribution < -0.4 is 19.3 Å². The van der Waals surface area contributed by atoms with Gasteiger partial charge >= 0.3 is 0 Å². The Balaban J connectivity index is 1.93. The van der Waals surface area contributed by atoms with Crippen LogP contribution in [0.25, 0.3) is 5.76 Å². The summed E-state index contributed by atoms with van der Waals surface area (Å²) in [6, 6.07) is 14.7. The van der Waals surface area contributed by atoms with E-state index in [9.17, 15) is 14.7 Å². The van der Waals surface area contributed by atoms with Gasteiger partial charge in [0.05, 0.1) is 25.8 Å². The number of Topliss-reactive ketones (excluding diaryl/α,β-unsaturated/α-hetero) is 1. The van der Waals surface area contributed by atoms with Gasteiger partial charge in [0, 0.05) is 43.4 Å². The number of aliphatic hydroxyl groups excluding tert-OH is 1. The maximum atomic E-state index is 13.3. The van der Waals surface area contributed by atoms with Gasteiger partial charge in [0.15, 0.2) is 11.5 Å². The van der Waals surface area contributed by atoms with E-state index in [1.807, 2.05) is 31.1 Å². The molecule has 1 aliphatic rings. The van der Waals surface area contributed by atoms with Gasteiger partial charge in [0.1, 0.15) is 5.76 Å². The number of pyridine rings is 1. The summed E-state index contributed by atoms with van der Waals surface area (Å²) in [5, 5.41) is 11.1. The minimum atomic E-state index is -0.877. The SMILES string of the molecule is COc1ccc(C2/C(=C(/O)c3ccncc3)C(=O)C(=O)N2c2ccc(N(C)C)cc2)cc1OC. The molecule has 1 N–H and O–H groups in total. The van der Waals surface area contributed by atoms with Crippen molar-refractivity contribution in [3.05, 3.63) is 83.7 Å². The van der Waals surface area contributed by atoms with Gasteiger partial charge in [-0.25, -0.2) is 0 Å². The van der Waals surface area contributed by atoms with Crippen LogP contribution in [0.15, 0.2) is 72.6 Å². The van der Waals surface area contributed by atoms with Gasteiger partial charge in [-0.1, -0.05) is 6.07 Å². The molecule has 0 radical (unpaired) electrons. The number of nitrogens with zero attached hydrogens (tertiary/aromatic N) is 3. The topological polar surface area (TPSA) is 92.2 Å². The van der Waals surface area contributed by atoms with Crippen LogP contribution >= 0.6 is 0 Å². The number of aliphatic hydroxyl groups is 1. The summed E-state index contributed by atoms with van der Waals surface area (Å²) in [6.45, 7) is 0. The number of carbonyl (C=O) groups excluding carboxylic acids is 2. The molecule has 0 bridgehead atoms. The van der Waals surface area contributed by atoms with Crippen LogP contribution in [0.5, 0.6) is 11.5 Å². The van der Waals surface area contributed by atoms with E-state index < -0.39 is 17.7 Å². The summed E-state index contributed by atoms with van der Waals surface area (Å²) in [6.07, 6.45) is 3.02. The Morgan fingerprint density at radius 3 is 2.18 bits per heavy atom. The Labute approximate surface area is 197 Å². The molecule has 34 heavy (non-hydrogen) atoms. The molecule has 1 aromatic heterocycles. The van der Waals surface area contributed by atoms with Crippen molar-refractivity contribution in [2.75, 3.05) is 38.1 Å². The van der Waals surface area contributed by atoms with Crippen LogP contribution in [0.1, 0.15) is 17.2 Å². The molecular formula is C26H25N3O5. The Hall–Kier alpha value is -4.33. The molecule has 1 saturated heterocycles. The van der Waals surface area contributed by atoms with Crippen molar-refractivity contribution in [2.45, 2.75) is 6.04 Å². The Bertz CT molecular complexity index is 1250. The summed E-state index contributed by atoms with van der Waals surface area (Å²) in [5.74, 6) is -0.822. The van der Waals surface area contributed by atoms with Gasteiger partial charge in [0.25, 0.3) is 11.7 Å². The minimum Gasteiger partial charge on any atom is -0.507 e. The fraction of sp³-hybridized carbons (Fsp3) is 0.192. The number of methoxy groups -OCH3 is 2. The van der Waals surface area contributed by atoms with E-state index in [1.54, 1.807) is 42.5 Å². The molecule has 1 atom stereocenters. The number of amides is 1. The number of aromatic nitrogens is 1. The highest BCUT2D eigenvalue weighted by molar-refractivity contribution is 6.51. The van der Waals surface area contributed by atoms with Crippen LogP contribution in [0, 0.1) is 0 Å². The minimum absolute atomic E-state index is 0.0138. The van der Waals surface area contributed by atoms with Gasteiger partial charge in [-0.3, -0.25) is 19.5 Å². The van der Waals surface area contributed by atoms with E-state index in [0.717, 1.165) is 5.69 Å². The standard InChI is InChI=1S/C26H25N3O5/c1-28(2)18-6-8-19(9-7-18)29-23(17-5-10-20(33-3)21(15-17)34-4)22(25(31)26(29)32)24(30)16-11-13-27-14-12-16/h5-15,23,30H,1-4H3/b24-22-.